The summed E-state index contributed by atoms with van der Waals surface area (Å²) >= 11 is 3.26. The summed E-state index contributed by atoms with van der Waals surface area (Å²) in [6, 6.07) is 12.6. The summed E-state index contributed by atoms with van der Waals surface area (Å²) in [5, 5.41) is 11.6. The van der Waals surface area contributed by atoms with Crippen LogP contribution in [0, 0.1) is 5.82 Å². The van der Waals surface area contributed by atoms with Crippen LogP contribution in [0.3, 0.4) is 0 Å². The maximum Gasteiger partial charge on any atom is 0.335 e. The van der Waals surface area contributed by atoms with Crippen LogP contribution in [-0.2, 0) is 17.8 Å². The first-order valence-corrected chi connectivity index (χ1v) is 7.86. The molecule has 0 aromatic heterocycles. The molecule has 0 aliphatic heterocycles. The van der Waals surface area contributed by atoms with Gasteiger partial charge in [-0.25, -0.2) is 9.18 Å². The molecule has 2 aromatic rings. The zero-order valence-electron chi connectivity index (χ0n) is 12.1. The zero-order valence-corrected chi connectivity index (χ0v) is 13.7. The smallest absolute Gasteiger partial charge is 0.335 e. The lowest BCUT2D eigenvalue weighted by molar-refractivity contribution is -0.120. The van der Waals surface area contributed by atoms with Gasteiger partial charge in [0.05, 0.1) is 10.4 Å². The third-order valence-electron chi connectivity index (χ3n) is 3.31. The van der Waals surface area contributed by atoms with E-state index in [4.69, 9.17) is 5.11 Å². The van der Waals surface area contributed by atoms with Crippen LogP contribution in [0.2, 0.25) is 0 Å². The molecule has 4 nitrogen and oxygen atoms in total. The molecule has 6 heteroatoms. The van der Waals surface area contributed by atoms with Crippen molar-refractivity contribution in [2.75, 3.05) is 0 Å². The third-order valence-corrected chi connectivity index (χ3v) is 4.05. The molecule has 2 N–H and O–H groups in total. The molecular weight excluding hydrogens is 365 g/mol. The predicted octanol–water partition coefficient (Wildman–Crippen LogP) is 3.15. The quantitative estimate of drug-likeness (QED) is 0.757. The predicted molar refractivity (Wildman–Crippen MR) is 88.1 cm³/mol. The summed E-state index contributed by atoms with van der Waals surface area (Å²) in [6.07, 6.45) is 0.246. The highest BCUT2D eigenvalue weighted by atomic mass is 79.9. The molecular formula is C17H15BrFNO3. The molecule has 0 fully saturated rings. The number of aromatic carboxylic acids is 1. The van der Waals surface area contributed by atoms with Gasteiger partial charge in [0.25, 0.3) is 0 Å². The molecule has 0 radical (unpaired) electrons. The van der Waals surface area contributed by atoms with Crippen LogP contribution in [-0.4, -0.2) is 21.8 Å². The topological polar surface area (TPSA) is 66.4 Å². The fourth-order valence-electron chi connectivity index (χ4n) is 2.01. The highest BCUT2D eigenvalue weighted by Crippen LogP contribution is 2.14. The van der Waals surface area contributed by atoms with Gasteiger partial charge in [-0.2, -0.15) is 0 Å². The first kappa shape index (κ1) is 17.1. The van der Waals surface area contributed by atoms with E-state index in [0.717, 1.165) is 5.56 Å². The van der Waals surface area contributed by atoms with Crippen molar-refractivity contribution in [2.24, 2.45) is 0 Å². The van der Waals surface area contributed by atoms with E-state index in [0.29, 0.717) is 5.56 Å². The Hall–Kier alpha value is -2.21. The molecule has 1 amide bonds. The van der Waals surface area contributed by atoms with Gasteiger partial charge in [-0.3, -0.25) is 4.79 Å². The van der Waals surface area contributed by atoms with E-state index in [2.05, 4.69) is 21.2 Å². The van der Waals surface area contributed by atoms with Gasteiger partial charge < -0.3 is 10.4 Å². The second kappa shape index (κ2) is 7.87. The Bertz CT molecular complexity index is 703. The van der Waals surface area contributed by atoms with Crippen molar-refractivity contribution in [1.82, 2.24) is 5.32 Å². The number of carbonyl (C=O) groups excluding carboxylic acids is 1. The van der Waals surface area contributed by atoms with Gasteiger partial charge in [0, 0.05) is 6.54 Å². The fraction of sp³-hybridized carbons (Fsp3) is 0.176. The third kappa shape index (κ3) is 4.89. The van der Waals surface area contributed by atoms with Gasteiger partial charge >= 0.3 is 5.97 Å². The number of amides is 1. The Morgan fingerprint density at radius 3 is 2.39 bits per heavy atom. The van der Waals surface area contributed by atoms with Crippen LogP contribution >= 0.6 is 15.9 Å². The average Bonchev–Trinajstić information content (AvgIpc) is 2.55. The van der Waals surface area contributed by atoms with Gasteiger partial charge in [-0.15, -0.1) is 0 Å². The number of halogens is 2. The van der Waals surface area contributed by atoms with Gasteiger partial charge in [-0.05, 0) is 35.7 Å². The Morgan fingerprint density at radius 1 is 1.13 bits per heavy atom. The lowest BCUT2D eigenvalue weighted by Crippen LogP contribution is -2.32. The van der Waals surface area contributed by atoms with Crippen LogP contribution < -0.4 is 5.32 Å². The Kier molecular flexibility index (Phi) is 5.87. The molecule has 2 aromatic carbocycles. The monoisotopic (exact) mass is 379 g/mol. The SMILES string of the molecule is O=C(O)c1ccc(CNC(=O)C(Br)Cc2ccccc2F)cc1. The van der Waals surface area contributed by atoms with Crippen LogP contribution in [0.1, 0.15) is 21.5 Å². The number of hydrogen-bond acceptors (Lipinski definition) is 2. The molecule has 0 spiro atoms. The van der Waals surface area contributed by atoms with Gasteiger partial charge in [0.2, 0.25) is 5.91 Å². The molecule has 1 atom stereocenters. The second-order valence-electron chi connectivity index (χ2n) is 4.98. The lowest BCUT2D eigenvalue weighted by atomic mass is 10.1. The van der Waals surface area contributed by atoms with E-state index in [-0.39, 0.29) is 30.3 Å². The van der Waals surface area contributed by atoms with E-state index >= 15 is 0 Å². The number of alkyl halides is 1. The number of hydrogen-bond donors (Lipinski definition) is 2. The molecule has 23 heavy (non-hydrogen) atoms. The van der Waals surface area contributed by atoms with Crippen LogP contribution in [0.5, 0.6) is 0 Å². The lowest BCUT2D eigenvalue weighted by Gasteiger charge is -2.11. The normalized spacial score (nSPS) is 11.7. The van der Waals surface area contributed by atoms with E-state index < -0.39 is 10.8 Å². The average molecular weight is 380 g/mol. The first-order valence-electron chi connectivity index (χ1n) is 6.95. The Labute approximate surface area is 141 Å². The van der Waals surface area contributed by atoms with E-state index in [1.807, 2.05) is 0 Å². The van der Waals surface area contributed by atoms with Gasteiger partial charge in [-0.1, -0.05) is 46.3 Å². The summed E-state index contributed by atoms with van der Waals surface area (Å²) < 4.78 is 13.6. The van der Waals surface area contributed by atoms with E-state index in [1.54, 1.807) is 30.3 Å². The summed E-state index contributed by atoms with van der Waals surface area (Å²) in [5.41, 5.74) is 1.45. The highest BCUT2D eigenvalue weighted by molar-refractivity contribution is 9.10. The summed E-state index contributed by atoms with van der Waals surface area (Å²) in [5.74, 6) is -1.59. The first-order chi connectivity index (χ1) is 11.0. The molecule has 0 aliphatic carbocycles. The highest BCUT2D eigenvalue weighted by Gasteiger charge is 2.16. The number of rotatable bonds is 6. The number of carboxylic acid groups (broad SMARTS) is 1. The molecule has 1 unspecified atom stereocenters. The molecule has 0 heterocycles. The van der Waals surface area contributed by atoms with Crippen molar-refractivity contribution in [3.8, 4) is 0 Å². The number of benzene rings is 2. The van der Waals surface area contributed by atoms with E-state index in [9.17, 15) is 14.0 Å². The van der Waals surface area contributed by atoms with Crippen LogP contribution in [0.15, 0.2) is 48.5 Å². The van der Waals surface area contributed by atoms with Gasteiger partial charge in [0.15, 0.2) is 0 Å². The maximum absolute atomic E-state index is 13.6. The standard InChI is InChI=1S/C17H15BrFNO3/c18-14(9-13-3-1-2-4-15(13)19)16(21)20-10-11-5-7-12(8-6-11)17(22)23/h1-8,14H,9-10H2,(H,20,21)(H,22,23). The molecule has 0 saturated carbocycles. The van der Waals surface area contributed by atoms with Crippen LogP contribution in [0.4, 0.5) is 4.39 Å². The molecule has 0 saturated heterocycles. The molecule has 2 rings (SSSR count). The molecule has 120 valence electrons. The van der Waals surface area contributed by atoms with Crippen molar-refractivity contribution >= 4 is 27.8 Å². The van der Waals surface area contributed by atoms with Crippen molar-refractivity contribution in [2.45, 2.75) is 17.8 Å². The summed E-state index contributed by atoms with van der Waals surface area (Å²) in [7, 11) is 0. The zero-order chi connectivity index (χ0) is 16.8. The second-order valence-corrected chi connectivity index (χ2v) is 6.09. The Morgan fingerprint density at radius 2 is 1.78 bits per heavy atom. The molecule has 0 aliphatic rings. The minimum atomic E-state index is -0.994. The van der Waals surface area contributed by atoms with Gasteiger partial charge in [0.1, 0.15) is 5.82 Å². The van der Waals surface area contributed by atoms with Crippen molar-refractivity contribution in [1.29, 1.82) is 0 Å². The van der Waals surface area contributed by atoms with Crippen LogP contribution in [0.25, 0.3) is 0 Å². The minimum Gasteiger partial charge on any atom is -0.478 e. The van der Waals surface area contributed by atoms with Crippen molar-refractivity contribution in [3.05, 3.63) is 71.0 Å². The minimum absolute atomic E-state index is 0.193. The van der Waals surface area contributed by atoms with Crippen molar-refractivity contribution in [3.63, 3.8) is 0 Å². The summed E-state index contributed by atoms with van der Waals surface area (Å²) in [4.78, 5) is 22.3. The Balaban J connectivity index is 1.89. The largest absolute Gasteiger partial charge is 0.478 e. The number of nitrogens with one attached hydrogen (secondary N) is 1. The maximum atomic E-state index is 13.6. The number of carboxylic acids is 1. The molecule has 0 bridgehead atoms. The fourth-order valence-corrected chi connectivity index (χ4v) is 2.53. The van der Waals surface area contributed by atoms with E-state index in [1.165, 1.54) is 18.2 Å². The summed E-state index contributed by atoms with van der Waals surface area (Å²) in [6.45, 7) is 0.276. The number of carbonyl (C=O) groups is 2. The van der Waals surface area contributed by atoms with Crippen molar-refractivity contribution < 1.29 is 19.1 Å².